The van der Waals surface area contributed by atoms with Crippen molar-refractivity contribution in [3.8, 4) is 11.5 Å². The van der Waals surface area contributed by atoms with Crippen LogP contribution in [0.25, 0.3) is 11.5 Å². The molecule has 0 bridgehead atoms. The summed E-state index contributed by atoms with van der Waals surface area (Å²) in [5.41, 5.74) is 0.995. The number of anilines is 3. The standard InChI is InChI=1S/C18H17ClF2N6O.C2H6/c1-9(2)22-17-25-16(14-3-10(8-28)4-15(19)24-14)26-18(27-17)23-13-6-11(20)5-12(21)7-13;1-2/h3-7,9,28H,8H2,1-2H3,(H2,22,23,25,26,27);1-2H3. The molecular formula is C20H23ClF2N6O. The third-order valence-corrected chi connectivity index (χ3v) is 3.63. The lowest BCUT2D eigenvalue weighted by Crippen LogP contribution is -2.14. The first kappa shape index (κ1) is 23.4. The van der Waals surface area contributed by atoms with Gasteiger partial charge < -0.3 is 15.7 Å². The molecule has 0 spiro atoms. The average molecular weight is 437 g/mol. The normalized spacial score (nSPS) is 10.4. The summed E-state index contributed by atoms with van der Waals surface area (Å²) in [6, 6.07) is 6.13. The van der Waals surface area contributed by atoms with Crippen LogP contribution in [-0.4, -0.2) is 31.1 Å². The highest BCUT2D eigenvalue weighted by atomic mass is 35.5. The molecule has 0 aliphatic carbocycles. The lowest BCUT2D eigenvalue weighted by atomic mass is 10.2. The van der Waals surface area contributed by atoms with Gasteiger partial charge in [-0.1, -0.05) is 25.4 Å². The molecule has 0 atom stereocenters. The second-order valence-electron chi connectivity index (χ2n) is 6.23. The van der Waals surface area contributed by atoms with Gasteiger partial charge in [0.2, 0.25) is 11.9 Å². The van der Waals surface area contributed by atoms with Gasteiger partial charge in [-0.2, -0.15) is 15.0 Å². The second-order valence-corrected chi connectivity index (χ2v) is 6.62. The number of hydrogen-bond acceptors (Lipinski definition) is 7. The van der Waals surface area contributed by atoms with Crippen LogP contribution in [0.15, 0.2) is 30.3 Å². The van der Waals surface area contributed by atoms with Crippen molar-refractivity contribution in [2.75, 3.05) is 10.6 Å². The minimum atomic E-state index is -0.735. The summed E-state index contributed by atoms with van der Waals surface area (Å²) in [7, 11) is 0. The van der Waals surface area contributed by atoms with Crippen LogP contribution in [0.5, 0.6) is 0 Å². The first-order valence-corrected chi connectivity index (χ1v) is 9.73. The van der Waals surface area contributed by atoms with E-state index in [-0.39, 0.29) is 41.2 Å². The largest absolute Gasteiger partial charge is 0.392 e. The van der Waals surface area contributed by atoms with Gasteiger partial charge in [0.15, 0.2) is 5.82 Å². The number of aromatic nitrogens is 4. The maximum atomic E-state index is 13.5. The van der Waals surface area contributed by atoms with Crippen molar-refractivity contribution in [1.82, 2.24) is 19.9 Å². The first-order valence-electron chi connectivity index (χ1n) is 9.36. The summed E-state index contributed by atoms with van der Waals surface area (Å²) >= 11 is 6.00. The molecular weight excluding hydrogens is 414 g/mol. The fourth-order valence-electron chi connectivity index (χ4n) is 2.38. The fraction of sp³-hybridized carbons (Fsp3) is 0.300. The van der Waals surface area contributed by atoms with Crippen molar-refractivity contribution in [3.63, 3.8) is 0 Å². The Balaban J connectivity index is 0.00000155. The molecule has 0 amide bonds. The van der Waals surface area contributed by atoms with Crippen molar-refractivity contribution < 1.29 is 13.9 Å². The quantitative estimate of drug-likeness (QED) is 0.470. The van der Waals surface area contributed by atoms with Gasteiger partial charge in [0.1, 0.15) is 22.5 Å². The second kappa shape index (κ2) is 10.7. The Bertz CT molecular complexity index is 983. The maximum absolute atomic E-state index is 13.5. The average Bonchev–Trinajstić information content (AvgIpc) is 2.67. The number of rotatable bonds is 6. The van der Waals surface area contributed by atoms with Crippen LogP contribution < -0.4 is 10.6 Å². The Morgan fingerprint density at radius 3 is 2.17 bits per heavy atom. The molecule has 2 heterocycles. The van der Waals surface area contributed by atoms with E-state index < -0.39 is 11.6 Å². The van der Waals surface area contributed by atoms with Crippen LogP contribution in [0.4, 0.5) is 26.4 Å². The highest BCUT2D eigenvalue weighted by molar-refractivity contribution is 6.29. The molecule has 160 valence electrons. The monoisotopic (exact) mass is 436 g/mol. The molecule has 30 heavy (non-hydrogen) atoms. The molecule has 1 aromatic carbocycles. The molecule has 3 rings (SSSR count). The van der Waals surface area contributed by atoms with Gasteiger partial charge in [0, 0.05) is 17.8 Å². The van der Waals surface area contributed by atoms with Crippen LogP contribution in [0.2, 0.25) is 5.15 Å². The Morgan fingerprint density at radius 1 is 0.933 bits per heavy atom. The number of hydrogen-bond donors (Lipinski definition) is 3. The first-order chi connectivity index (χ1) is 14.3. The van der Waals surface area contributed by atoms with E-state index in [4.69, 9.17) is 11.6 Å². The molecule has 7 nitrogen and oxygen atoms in total. The van der Waals surface area contributed by atoms with E-state index in [0.29, 0.717) is 11.3 Å². The van der Waals surface area contributed by atoms with Gasteiger partial charge in [0.25, 0.3) is 0 Å². The van der Waals surface area contributed by atoms with Crippen LogP contribution in [0.3, 0.4) is 0 Å². The van der Waals surface area contributed by atoms with Crippen molar-refractivity contribution in [3.05, 3.63) is 52.7 Å². The number of nitrogens with one attached hydrogen (secondary N) is 2. The Labute approximate surface area is 178 Å². The van der Waals surface area contributed by atoms with Gasteiger partial charge in [-0.15, -0.1) is 0 Å². The van der Waals surface area contributed by atoms with Crippen molar-refractivity contribution in [1.29, 1.82) is 0 Å². The molecule has 0 radical (unpaired) electrons. The van der Waals surface area contributed by atoms with E-state index in [0.717, 1.165) is 18.2 Å². The van der Waals surface area contributed by atoms with Crippen molar-refractivity contribution in [2.45, 2.75) is 40.3 Å². The minimum Gasteiger partial charge on any atom is -0.392 e. The fourth-order valence-corrected chi connectivity index (χ4v) is 2.61. The molecule has 0 aliphatic heterocycles. The van der Waals surface area contributed by atoms with Crippen molar-refractivity contribution >= 4 is 29.2 Å². The smallest absolute Gasteiger partial charge is 0.232 e. The van der Waals surface area contributed by atoms with E-state index in [1.54, 1.807) is 6.07 Å². The van der Waals surface area contributed by atoms with Gasteiger partial charge in [0.05, 0.1) is 6.61 Å². The van der Waals surface area contributed by atoms with E-state index >= 15 is 0 Å². The predicted octanol–water partition coefficient (Wildman–Crippen LogP) is 4.95. The summed E-state index contributed by atoms with van der Waals surface area (Å²) < 4.78 is 26.9. The van der Waals surface area contributed by atoms with Gasteiger partial charge in [-0.25, -0.2) is 13.8 Å². The topological polar surface area (TPSA) is 95.9 Å². The zero-order valence-electron chi connectivity index (χ0n) is 17.0. The highest BCUT2D eigenvalue weighted by Crippen LogP contribution is 2.23. The zero-order chi connectivity index (χ0) is 22.3. The highest BCUT2D eigenvalue weighted by Gasteiger charge is 2.13. The summed E-state index contributed by atoms with van der Waals surface area (Å²) in [6.45, 7) is 7.57. The van der Waals surface area contributed by atoms with E-state index in [2.05, 4.69) is 30.6 Å². The Hall–Kier alpha value is -2.91. The number of aliphatic hydroxyl groups excluding tert-OH is 1. The minimum absolute atomic E-state index is 0.0232. The molecule has 10 heteroatoms. The van der Waals surface area contributed by atoms with Crippen LogP contribution in [-0.2, 0) is 6.61 Å². The van der Waals surface area contributed by atoms with Crippen molar-refractivity contribution in [2.24, 2.45) is 0 Å². The SMILES string of the molecule is CC.CC(C)Nc1nc(Nc2cc(F)cc(F)c2)nc(-c2cc(CO)cc(Cl)n2)n1. The summed E-state index contributed by atoms with van der Waals surface area (Å²) in [4.78, 5) is 17.0. The molecule has 0 unspecified atom stereocenters. The Morgan fingerprint density at radius 2 is 1.57 bits per heavy atom. The molecule has 2 aromatic heterocycles. The van der Waals surface area contributed by atoms with E-state index in [1.807, 2.05) is 27.7 Å². The maximum Gasteiger partial charge on any atom is 0.232 e. The zero-order valence-corrected chi connectivity index (χ0v) is 17.8. The molecule has 0 aliphatic rings. The number of halogens is 3. The number of benzene rings is 1. The molecule has 3 aromatic rings. The lowest BCUT2D eigenvalue weighted by molar-refractivity contribution is 0.282. The summed E-state index contributed by atoms with van der Waals surface area (Å²) in [6.07, 6.45) is 0. The van der Waals surface area contributed by atoms with E-state index in [1.165, 1.54) is 6.07 Å². The van der Waals surface area contributed by atoms with Gasteiger partial charge >= 0.3 is 0 Å². The molecule has 0 fully saturated rings. The number of pyridine rings is 1. The van der Waals surface area contributed by atoms with Crippen LogP contribution in [0, 0.1) is 11.6 Å². The third-order valence-electron chi connectivity index (χ3n) is 3.44. The van der Waals surface area contributed by atoms with Crippen LogP contribution >= 0.6 is 11.6 Å². The van der Waals surface area contributed by atoms with Gasteiger partial charge in [-0.3, -0.25) is 0 Å². The molecule has 3 N–H and O–H groups in total. The van der Waals surface area contributed by atoms with Crippen LogP contribution in [0.1, 0.15) is 33.3 Å². The third kappa shape index (κ3) is 6.57. The van der Waals surface area contributed by atoms with E-state index in [9.17, 15) is 13.9 Å². The summed E-state index contributed by atoms with van der Waals surface area (Å²) in [5, 5.41) is 15.3. The number of nitrogens with zero attached hydrogens (tertiary/aromatic N) is 4. The Kier molecular flexibility index (Phi) is 8.37. The molecule has 0 saturated heterocycles. The van der Waals surface area contributed by atoms with Gasteiger partial charge in [-0.05, 0) is 43.7 Å². The lowest BCUT2D eigenvalue weighted by Gasteiger charge is -2.12. The number of aliphatic hydroxyl groups is 1. The molecule has 0 saturated carbocycles. The predicted molar refractivity (Wildman–Crippen MR) is 114 cm³/mol. The summed E-state index contributed by atoms with van der Waals surface area (Å²) in [5.74, 6) is -0.991.